The van der Waals surface area contributed by atoms with Crippen LogP contribution in [0.3, 0.4) is 0 Å². The van der Waals surface area contributed by atoms with Crippen molar-refractivity contribution in [2.75, 3.05) is 19.7 Å². The molecule has 2 heterocycles. The van der Waals surface area contributed by atoms with Gasteiger partial charge in [-0.05, 0) is 49.9 Å². The van der Waals surface area contributed by atoms with Gasteiger partial charge in [0.1, 0.15) is 5.82 Å². The molecule has 2 saturated heterocycles. The molecule has 1 N–H and O–H groups in total. The highest BCUT2D eigenvalue weighted by Gasteiger charge is 2.31. The number of hydrogen-bond acceptors (Lipinski definition) is 3. The highest BCUT2D eigenvalue weighted by molar-refractivity contribution is 5.82. The van der Waals surface area contributed by atoms with Gasteiger partial charge in [0.05, 0.1) is 12.1 Å². The fraction of sp³-hybridized carbons (Fsp3) is 0.588. The highest BCUT2D eigenvalue weighted by Crippen LogP contribution is 2.20. The average Bonchev–Trinajstić information content (AvgIpc) is 3.18. The van der Waals surface area contributed by atoms with Gasteiger partial charge in [0.2, 0.25) is 5.91 Å². The van der Waals surface area contributed by atoms with E-state index in [0.717, 1.165) is 44.4 Å². The molecule has 0 saturated carbocycles. The molecule has 1 aromatic carbocycles. The topological polar surface area (TPSA) is 41.6 Å². The normalized spacial score (nSPS) is 25.5. The van der Waals surface area contributed by atoms with Crippen molar-refractivity contribution in [2.24, 2.45) is 0 Å². The minimum absolute atomic E-state index is 0.0774. The first-order chi connectivity index (χ1) is 10.7. The maximum absolute atomic E-state index is 13.0. The summed E-state index contributed by atoms with van der Waals surface area (Å²) in [7, 11) is 0. The number of carbonyl (C=O) groups excluding carboxylic acids is 1. The van der Waals surface area contributed by atoms with E-state index in [0.29, 0.717) is 13.1 Å². The zero-order chi connectivity index (χ0) is 15.4. The quantitative estimate of drug-likeness (QED) is 0.905. The Balaban J connectivity index is 1.52. The van der Waals surface area contributed by atoms with Crippen molar-refractivity contribution in [1.82, 2.24) is 10.2 Å². The number of carbonyl (C=O) groups is 1. The van der Waals surface area contributed by atoms with E-state index >= 15 is 0 Å². The number of nitrogens with zero attached hydrogens (tertiary/aromatic N) is 1. The fourth-order valence-electron chi connectivity index (χ4n) is 3.27. The van der Waals surface area contributed by atoms with Gasteiger partial charge in [0.15, 0.2) is 0 Å². The zero-order valence-electron chi connectivity index (χ0n) is 12.8. The smallest absolute Gasteiger partial charge is 0.237 e. The molecule has 0 aromatic heterocycles. The lowest BCUT2D eigenvalue weighted by Crippen LogP contribution is -2.45. The molecule has 2 fully saturated rings. The molecule has 2 aliphatic rings. The molecule has 0 radical (unpaired) electrons. The fourth-order valence-corrected chi connectivity index (χ4v) is 3.27. The predicted molar refractivity (Wildman–Crippen MR) is 81.8 cm³/mol. The van der Waals surface area contributed by atoms with Crippen LogP contribution in [0, 0.1) is 5.82 Å². The van der Waals surface area contributed by atoms with Gasteiger partial charge < -0.3 is 10.1 Å². The molecule has 3 rings (SSSR count). The van der Waals surface area contributed by atoms with E-state index in [1.807, 2.05) is 0 Å². The summed E-state index contributed by atoms with van der Waals surface area (Å²) in [5, 5.41) is 3.03. The number of benzene rings is 1. The summed E-state index contributed by atoms with van der Waals surface area (Å²) < 4.78 is 18.5. The first-order valence-electron chi connectivity index (χ1n) is 8.10. The molecule has 120 valence electrons. The molecule has 5 heteroatoms. The largest absolute Gasteiger partial charge is 0.376 e. The third-order valence-electron chi connectivity index (χ3n) is 4.49. The second-order valence-corrected chi connectivity index (χ2v) is 6.14. The van der Waals surface area contributed by atoms with Crippen LogP contribution >= 0.6 is 0 Å². The van der Waals surface area contributed by atoms with Crippen molar-refractivity contribution >= 4 is 5.91 Å². The van der Waals surface area contributed by atoms with Gasteiger partial charge in [-0.1, -0.05) is 12.1 Å². The number of nitrogens with one attached hydrogen (secondary N) is 1. The average molecular weight is 306 g/mol. The lowest BCUT2D eigenvalue weighted by atomic mass is 10.1. The van der Waals surface area contributed by atoms with Gasteiger partial charge in [-0.15, -0.1) is 0 Å². The maximum atomic E-state index is 13.0. The van der Waals surface area contributed by atoms with Crippen LogP contribution in [-0.2, 0) is 16.1 Å². The van der Waals surface area contributed by atoms with Gasteiger partial charge in [-0.3, -0.25) is 9.69 Å². The first-order valence-corrected chi connectivity index (χ1v) is 8.10. The number of rotatable bonds is 5. The SMILES string of the molecule is O=C(NC[C@@H]1CCCO1)[C@H]1CCCN1Cc1ccc(F)cc1. The van der Waals surface area contributed by atoms with Gasteiger partial charge in [-0.25, -0.2) is 4.39 Å². The molecule has 1 amide bonds. The van der Waals surface area contributed by atoms with Gasteiger partial charge in [0.25, 0.3) is 0 Å². The molecule has 0 bridgehead atoms. The van der Waals surface area contributed by atoms with Gasteiger partial charge in [0, 0.05) is 19.7 Å². The summed E-state index contributed by atoms with van der Waals surface area (Å²) in [4.78, 5) is 14.6. The zero-order valence-corrected chi connectivity index (χ0v) is 12.8. The highest BCUT2D eigenvalue weighted by atomic mass is 19.1. The van der Waals surface area contributed by atoms with Crippen LogP contribution < -0.4 is 5.32 Å². The molecular weight excluding hydrogens is 283 g/mol. The van der Waals surface area contributed by atoms with Crippen molar-refractivity contribution < 1.29 is 13.9 Å². The van der Waals surface area contributed by atoms with Crippen molar-refractivity contribution in [3.63, 3.8) is 0 Å². The van der Waals surface area contributed by atoms with Crippen LogP contribution in [0.15, 0.2) is 24.3 Å². The minimum atomic E-state index is -0.226. The summed E-state index contributed by atoms with van der Waals surface area (Å²) in [6.07, 6.45) is 4.21. The van der Waals surface area contributed by atoms with Crippen LogP contribution in [0.25, 0.3) is 0 Å². The Labute approximate surface area is 130 Å². The van der Waals surface area contributed by atoms with E-state index < -0.39 is 0 Å². The maximum Gasteiger partial charge on any atom is 0.237 e. The summed E-state index contributed by atoms with van der Waals surface area (Å²) in [5.74, 6) is -0.133. The molecule has 0 aliphatic carbocycles. The molecule has 2 aliphatic heterocycles. The Morgan fingerprint density at radius 3 is 2.82 bits per heavy atom. The third-order valence-corrected chi connectivity index (χ3v) is 4.49. The van der Waals surface area contributed by atoms with Crippen molar-refractivity contribution in [1.29, 1.82) is 0 Å². The lowest BCUT2D eigenvalue weighted by molar-refractivity contribution is -0.126. The molecule has 4 nitrogen and oxygen atoms in total. The Kier molecular flexibility index (Phi) is 5.05. The minimum Gasteiger partial charge on any atom is -0.376 e. The number of ether oxygens (including phenoxy) is 1. The van der Waals surface area contributed by atoms with E-state index in [1.165, 1.54) is 12.1 Å². The Hall–Kier alpha value is -1.46. The molecule has 2 atom stereocenters. The summed E-state index contributed by atoms with van der Waals surface area (Å²) in [5.41, 5.74) is 1.04. The Morgan fingerprint density at radius 2 is 2.09 bits per heavy atom. The Morgan fingerprint density at radius 1 is 1.27 bits per heavy atom. The monoisotopic (exact) mass is 306 g/mol. The van der Waals surface area contributed by atoms with E-state index in [2.05, 4.69) is 10.2 Å². The molecule has 0 unspecified atom stereocenters. The summed E-state index contributed by atoms with van der Waals surface area (Å²) >= 11 is 0. The van der Waals surface area contributed by atoms with E-state index in [9.17, 15) is 9.18 Å². The summed E-state index contributed by atoms with van der Waals surface area (Å²) in [6.45, 7) is 3.02. The standard InChI is InChI=1S/C17H23FN2O2/c18-14-7-5-13(6-8-14)12-20-9-1-4-16(20)17(21)19-11-15-3-2-10-22-15/h5-8,15-16H,1-4,9-12H2,(H,19,21)/t15-,16+/m0/s1. The van der Waals surface area contributed by atoms with Crippen LogP contribution in [0.5, 0.6) is 0 Å². The van der Waals surface area contributed by atoms with E-state index in [4.69, 9.17) is 4.74 Å². The third kappa shape index (κ3) is 3.84. The lowest BCUT2D eigenvalue weighted by Gasteiger charge is -2.24. The van der Waals surface area contributed by atoms with Crippen molar-refractivity contribution in [3.8, 4) is 0 Å². The first kappa shape index (κ1) is 15.4. The van der Waals surface area contributed by atoms with E-state index in [1.54, 1.807) is 12.1 Å². The van der Waals surface area contributed by atoms with Crippen molar-refractivity contribution in [2.45, 2.75) is 44.4 Å². The number of likely N-dealkylation sites (tertiary alicyclic amines) is 1. The van der Waals surface area contributed by atoms with E-state index in [-0.39, 0.29) is 23.9 Å². The second-order valence-electron chi connectivity index (χ2n) is 6.14. The molecular formula is C17H23FN2O2. The van der Waals surface area contributed by atoms with Crippen molar-refractivity contribution in [3.05, 3.63) is 35.6 Å². The molecule has 1 aromatic rings. The molecule has 0 spiro atoms. The Bertz CT molecular complexity index is 500. The molecule has 22 heavy (non-hydrogen) atoms. The number of hydrogen-bond donors (Lipinski definition) is 1. The van der Waals surface area contributed by atoms with Crippen LogP contribution in [-0.4, -0.2) is 42.6 Å². The number of amides is 1. The number of halogens is 1. The second kappa shape index (κ2) is 7.20. The van der Waals surface area contributed by atoms with Crippen LogP contribution in [0.2, 0.25) is 0 Å². The van der Waals surface area contributed by atoms with Gasteiger partial charge >= 0.3 is 0 Å². The van der Waals surface area contributed by atoms with Gasteiger partial charge in [-0.2, -0.15) is 0 Å². The predicted octanol–water partition coefficient (Wildman–Crippen LogP) is 2.09. The van der Waals surface area contributed by atoms with Crippen LogP contribution in [0.4, 0.5) is 4.39 Å². The van der Waals surface area contributed by atoms with Crippen LogP contribution in [0.1, 0.15) is 31.2 Å². The summed E-state index contributed by atoms with van der Waals surface area (Å²) in [6, 6.07) is 6.44.